The van der Waals surface area contributed by atoms with Crippen LogP contribution in [0.4, 0.5) is 4.79 Å². The number of rotatable bonds is 9. The first-order valence-corrected chi connectivity index (χ1v) is 8.62. The molecule has 134 valence electrons. The van der Waals surface area contributed by atoms with Gasteiger partial charge in [0.1, 0.15) is 0 Å². The number of hydrogen-bond acceptors (Lipinski definition) is 5. The number of carboxylic acids is 1. The predicted molar refractivity (Wildman–Crippen MR) is 86.1 cm³/mol. The Hall–Kier alpha value is -2.12. The van der Waals surface area contributed by atoms with Gasteiger partial charge in [-0.15, -0.1) is 0 Å². The van der Waals surface area contributed by atoms with Crippen molar-refractivity contribution in [1.82, 2.24) is 15.5 Å². The third kappa shape index (κ3) is 6.17. The van der Waals surface area contributed by atoms with Gasteiger partial charge in [-0.25, -0.2) is 4.79 Å². The highest BCUT2D eigenvalue weighted by Crippen LogP contribution is 2.31. The van der Waals surface area contributed by atoms with Crippen molar-refractivity contribution in [2.24, 2.45) is 11.7 Å². The molecule has 1 aliphatic rings. The molecule has 1 aromatic heterocycles. The summed E-state index contributed by atoms with van der Waals surface area (Å²) in [4.78, 5) is 26.0. The molecule has 0 spiro atoms. The number of amides is 2. The van der Waals surface area contributed by atoms with Crippen LogP contribution in [-0.4, -0.2) is 27.2 Å². The third-order valence-electron chi connectivity index (χ3n) is 4.56. The zero-order valence-electron chi connectivity index (χ0n) is 13.9. The molecule has 8 nitrogen and oxygen atoms in total. The summed E-state index contributed by atoms with van der Waals surface area (Å²) in [6, 6.07) is -0.670. The summed E-state index contributed by atoms with van der Waals surface area (Å²) < 4.78 is 5.19. The minimum atomic E-state index is -0.882. The standard InChI is InChI=1S/C16H26N4O4/c17-16(23)18-10-13-19-15(24-20-13)12(9-14(21)22)8-4-7-11-5-2-1-3-6-11/h11-12H,1-10H2,(H,21,22)(H3,17,18,23)/t12-/m0/s1. The Morgan fingerprint density at radius 3 is 2.75 bits per heavy atom. The summed E-state index contributed by atoms with van der Waals surface area (Å²) in [6.07, 6.45) is 9.29. The molecule has 0 bridgehead atoms. The maximum atomic E-state index is 11.1. The van der Waals surface area contributed by atoms with Crippen LogP contribution < -0.4 is 11.1 Å². The van der Waals surface area contributed by atoms with Crippen LogP contribution in [0.5, 0.6) is 0 Å². The van der Waals surface area contributed by atoms with Gasteiger partial charge < -0.3 is 20.7 Å². The number of carbonyl (C=O) groups excluding carboxylic acids is 1. The number of carbonyl (C=O) groups is 2. The van der Waals surface area contributed by atoms with Gasteiger partial charge in [0.25, 0.3) is 0 Å². The normalized spacial score (nSPS) is 16.7. The number of nitrogens with zero attached hydrogens (tertiary/aromatic N) is 2. The highest BCUT2D eigenvalue weighted by Gasteiger charge is 2.23. The lowest BCUT2D eigenvalue weighted by atomic mass is 9.84. The zero-order chi connectivity index (χ0) is 17.4. The van der Waals surface area contributed by atoms with E-state index in [0.717, 1.165) is 18.8 Å². The Morgan fingerprint density at radius 1 is 1.33 bits per heavy atom. The summed E-state index contributed by atoms with van der Waals surface area (Å²) in [5, 5.41) is 15.3. The van der Waals surface area contributed by atoms with Crippen LogP contribution in [-0.2, 0) is 11.3 Å². The number of nitrogens with two attached hydrogens (primary N) is 1. The van der Waals surface area contributed by atoms with Gasteiger partial charge in [0.2, 0.25) is 5.89 Å². The molecular formula is C16H26N4O4. The van der Waals surface area contributed by atoms with Gasteiger partial charge in [-0.05, 0) is 12.3 Å². The van der Waals surface area contributed by atoms with Crippen molar-refractivity contribution in [2.75, 3.05) is 0 Å². The summed E-state index contributed by atoms with van der Waals surface area (Å²) in [5.41, 5.74) is 5.00. The fourth-order valence-corrected chi connectivity index (χ4v) is 3.32. The second-order valence-corrected chi connectivity index (χ2v) is 6.50. The Bertz CT molecular complexity index is 540. The Kier molecular flexibility index (Phi) is 7.02. The Labute approximate surface area is 141 Å². The molecule has 2 rings (SSSR count). The van der Waals surface area contributed by atoms with E-state index >= 15 is 0 Å². The van der Waals surface area contributed by atoms with Crippen molar-refractivity contribution >= 4 is 12.0 Å². The van der Waals surface area contributed by atoms with E-state index < -0.39 is 12.0 Å². The van der Waals surface area contributed by atoms with Gasteiger partial charge in [0, 0.05) is 5.92 Å². The van der Waals surface area contributed by atoms with Crippen LogP contribution in [0.15, 0.2) is 4.52 Å². The summed E-state index contributed by atoms with van der Waals surface area (Å²) in [6.45, 7) is 0.0701. The highest BCUT2D eigenvalue weighted by atomic mass is 16.5. The van der Waals surface area contributed by atoms with Gasteiger partial charge in [0.05, 0.1) is 13.0 Å². The van der Waals surface area contributed by atoms with E-state index in [4.69, 9.17) is 15.4 Å². The van der Waals surface area contributed by atoms with E-state index in [1.54, 1.807) is 0 Å². The quantitative estimate of drug-likeness (QED) is 0.634. The predicted octanol–water partition coefficient (Wildman–Crippen LogP) is 2.55. The van der Waals surface area contributed by atoms with E-state index in [1.165, 1.54) is 32.1 Å². The smallest absolute Gasteiger partial charge is 0.312 e. The lowest BCUT2D eigenvalue weighted by molar-refractivity contribution is -0.137. The van der Waals surface area contributed by atoms with Crippen LogP contribution in [0, 0.1) is 5.92 Å². The van der Waals surface area contributed by atoms with Crippen molar-refractivity contribution in [3.05, 3.63) is 11.7 Å². The average molecular weight is 338 g/mol. The molecular weight excluding hydrogens is 312 g/mol. The number of primary amides is 1. The molecule has 1 aromatic rings. The van der Waals surface area contributed by atoms with Crippen molar-refractivity contribution in [1.29, 1.82) is 0 Å². The summed E-state index contributed by atoms with van der Waals surface area (Å²) >= 11 is 0. The number of carboxylic acid groups (broad SMARTS) is 1. The zero-order valence-corrected chi connectivity index (χ0v) is 13.9. The molecule has 4 N–H and O–H groups in total. The van der Waals surface area contributed by atoms with Crippen LogP contribution in [0.2, 0.25) is 0 Å². The summed E-state index contributed by atoms with van der Waals surface area (Å²) in [7, 11) is 0. The van der Waals surface area contributed by atoms with Gasteiger partial charge >= 0.3 is 12.0 Å². The van der Waals surface area contributed by atoms with E-state index in [9.17, 15) is 9.59 Å². The first-order chi connectivity index (χ1) is 11.5. The molecule has 1 aliphatic carbocycles. The summed E-state index contributed by atoms with van der Waals surface area (Å²) in [5.74, 6) is 0.213. The van der Waals surface area contributed by atoms with Crippen LogP contribution in [0.1, 0.15) is 75.4 Å². The van der Waals surface area contributed by atoms with Gasteiger partial charge in [-0.3, -0.25) is 4.79 Å². The van der Waals surface area contributed by atoms with Gasteiger partial charge in [-0.1, -0.05) is 50.1 Å². The molecule has 8 heteroatoms. The minimum Gasteiger partial charge on any atom is -0.481 e. The Morgan fingerprint density at radius 2 is 2.08 bits per heavy atom. The molecule has 24 heavy (non-hydrogen) atoms. The molecule has 2 amide bonds. The topological polar surface area (TPSA) is 131 Å². The molecule has 0 aliphatic heterocycles. The van der Waals surface area contributed by atoms with E-state index in [1.807, 2.05) is 0 Å². The van der Waals surface area contributed by atoms with Gasteiger partial charge in [0.15, 0.2) is 5.82 Å². The molecule has 0 aromatic carbocycles. The lowest BCUT2D eigenvalue weighted by Gasteiger charge is -2.21. The molecule has 0 saturated heterocycles. The molecule has 1 atom stereocenters. The van der Waals surface area contributed by atoms with Gasteiger partial charge in [-0.2, -0.15) is 4.98 Å². The average Bonchev–Trinajstić information content (AvgIpc) is 3.01. The molecule has 1 saturated carbocycles. The van der Waals surface area contributed by atoms with Crippen molar-refractivity contribution in [3.8, 4) is 0 Å². The fourth-order valence-electron chi connectivity index (χ4n) is 3.32. The number of hydrogen-bond donors (Lipinski definition) is 3. The SMILES string of the molecule is NC(=O)NCc1noc([C@@H](CCCC2CCCCC2)CC(=O)O)n1. The molecule has 0 radical (unpaired) electrons. The second kappa shape index (κ2) is 9.24. The third-order valence-corrected chi connectivity index (χ3v) is 4.56. The number of urea groups is 1. The van der Waals surface area contributed by atoms with Crippen LogP contribution in [0.25, 0.3) is 0 Å². The Balaban J connectivity index is 1.87. The molecule has 0 unspecified atom stereocenters. The van der Waals surface area contributed by atoms with E-state index in [-0.39, 0.29) is 18.9 Å². The fraction of sp³-hybridized carbons (Fsp3) is 0.750. The lowest BCUT2D eigenvalue weighted by Crippen LogP contribution is -2.29. The number of aromatic nitrogens is 2. The first-order valence-electron chi connectivity index (χ1n) is 8.62. The van der Waals surface area contributed by atoms with Crippen molar-refractivity contribution in [3.63, 3.8) is 0 Å². The second-order valence-electron chi connectivity index (χ2n) is 6.50. The highest BCUT2D eigenvalue weighted by molar-refractivity contribution is 5.71. The van der Waals surface area contributed by atoms with Crippen molar-refractivity contribution < 1.29 is 19.2 Å². The number of nitrogens with one attached hydrogen (secondary N) is 1. The number of aliphatic carboxylic acids is 1. The monoisotopic (exact) mass is 338 g/mol. The van der Waals surface area contributed by atoms with E-state index in [0.29, 0.717) is 18.1 Å². The maximum absolute atomic E-state index is 11.1. The maximum Gasteiger partial charge on any atom is 0.312 e. The molecule has 1 heterocycles. The largest absolute Gasteiger partial charge is 0.481 e. The van der Waals surface area contributed by atoms with Crippen LogP contribution in [0.3, 0.4) is 0 Å². The molecule has 1 fully saturated rings. The minimum absolute atomic E-state index is 0.0322. The van der Waals surface area contributed by atoms with Crippen LogP contribution >= 0.6 is 0 Å². The van der Waals surface area contributed by atoms with Crippen molar-refractivity contribution in [2.45, 2.75) is 70.3 Å². The first kappa shape index (κ1) is 18.2. The van der Waals surface area contributed by atoms with E-state index in [2.05, 4.69) is 15.5 Å².